The summed E-state index contributed by atoms with van der Waals surface area (Å²) in [5.41, 5.74) is 9.58. The van der Waals surface area contributed by atoms with E-state index in [-0.39, 0.29) is 32.2 Å². The number of para-hydroxylation sites is 2. The van der Waals surface area contributed by atoms with Crippen LogP contribution in [0.2, 0.25) is 0 Å². The number of hydrogen-bond acceptors (Lipinski definition) is 4. The SMILES string of the molecule is CC(C)(C)c1cccc(-c2nc(-c3[c-]c(Oc4cc(-c5ccccc5)ccn4)ccc3)c(-c3ccccc3)n2-c2ccccc2-c2ccccc2)c1O.[Pt]. The van der Waals surface area contributed by atoms with E-state index in [0.717, 1.165) is 50.3 Å². The van der Waals surface area contributed by atoms with Crippen molar-refractivity contribution in [1.82, 2.24) is 14.5 Å². The summed E-state index contributed by atoms with van der Waals surface area (Å²) in [5, 5.41) is 12.0. The minimum absolute atomic E-state index is 0. The van der Waals surface area contributed by atoms with Crippen molar-refractivity contribution in [3.8, 4) is 79.2 Å². The molecule has 0 aliphatic heterocycles. The van der Waals surface area contributed by atoms with Gasteiger partial charge in [-0.25, -0.2) is 4.98 Å². The third kappa shape index (κ3) is 7.28. The van der Waals surface area contributed by atoms with Crippen LogP contribution in [0.5, 0.6) is 17.4 Å². The van der Waals surface area contributed by atoms with Gasteiger partial charge in [0.15, 0.2) is 0 Å². The molecule has 0 saturated heterocycles. The summed E-state index contributed by atoms with van der Waals surface area (Å²) in [5.74, 6) is 1.80. The van der Waals surface area contributed by atoms with E-state index in [1.165, 1.54) is 0 Å². The van der Waals surface area contributed by atoms with Crippen molar-refractivity contribution in [1.29, 1.82) is 0 Å². The Bertz CT molecular complexity index is 2520. The van der Waals surface area contributed by atoms with E-state index < -0.39 is 0 Å². The van der Waals surface area contributed by atoms with Gasteiger partial charge in [-0.1, -0.05) is 148 Å². The number of nitrogens with zero attached hydrogens (tertiary/aromatic N) is 3. The molecule has 0 aliphatic carbocycles. The Kier molecular flexibility index (Phi) is 10.4. The summed E-state index contributed by atoms with van der Waals surface area (Å²) in [6.07, 6.45) is 1.76. The van der Waals surface area contributed by atoms with Crippen LogP contribution in [0.15, 0.2) is 170 Å². The van der Waals surface area contributed by atoms with Crippen molar-refractivity contribution in [2.45, 2.75) is 26.2 Å². The number of ether oxygens (including phenoxy) is 1. The quantitative estimate of drug-likeness (QED) is 0.154. The monoisotopic (exact) mass is 883 g/mol. The maximum atomic E-state index is 12.0. The van der Waals surface area contributed by atoms with Gasteiger partial charge >= 0.3 is 0 Å². The topological polar surface area (TPSA) is 60.2 Å². The van der Waals surface area contributed by atoms with Crippen LogP contribution < -0.4 is 4.74 Å². The standard InChI is InChI=1S/C48H38N3O2.Pt/c1-48(2,3)41-27-16-26-40(46(41)52)47-50-44(37-23-15-24-38(31-37)53-43-32-36(29-30-49-43)33-17-7-4-8-18-33)45(35-21-11-6-12-22-35)51(47)42-28-14-13-25-39(42)34-19-9-5-10-20-34;/h4-30,32,52H,1-3H3;/q-1;. The van der Waals surface area contributed by atoms with Crippen LogP contribution >= 0.6 is 0 Å². The molecule has 268 valence electrons. The van der Waals surface area contributed by atoms with Crippen molar-refractivity contribution >= 4 is 0 Å². The predicted octanol–water partition coefficient (Wildman–Crippen LogP) is 12.2. The van der Waals surface area contributed by atoms with Crippen molar-refractivity contribution in [3.05, 3.63) is 182 Å². The van der Waals surface area contributed by atoms with E-state index in [4.69, 9.17) is 9.72 Å². The number of pyridine rings is 1. The molecule has 0 amide bonds. The molecule has 2 aromatic heterocycles. The van der Waals surface area contributed by atoms with Gasteiger partial charge in [-0.05, 0) is 51.4 Å². The Balaban J connectivity index is 0.00000450. The van der Waals surface area contributed by atoms with Gasteiger partial charge in [0.1, 0.15) is 11.6 Å². The molecule has 5 nitrogen and oxygen atoms in total. The molecule has 6 aromatic carbocycles. The number of hydrogen-bond donors (Lipinski definition) is 1. The van der Waals surface area contributed by atoms with E-state index in [2.05, 4.69) is 91.0 Å². The molecule has 0 unspecified atom stereocenters. The van der Waals surface area contributed by atoms with Gasteiger partial charge in [-0.15, -0.1) is 23.8 Å². The largest absolute Gasteiger partial charge is 0.507 e. The number of aromatic nitrogens is 3. The second kappa shape index (κ2) is 15.5. The molecule has 0 saturated carbocycles. The number of phenolic OH excluding ortho intramolecular Hbond substituents is 1. The van der Waals surface area contributed by atoms with Crippen molar-refractivity contribution < 1.29 is 30.9 Å². The molecule has 1 N–H and O–H groups in total. The fraction of sp³-hybridized carbons (Fsp3) is 0.0833. The second-order valence-corrected chi connectivity index (χ2v) is 13.9. The van der Waals surface area contributed by atoms with Gasteiger partial charge in [0.25, 0.3) is 0 Å². The first-order chi connectivity index (χ1) is 25.8. The number of phenols is 1. The van der Waals surface area contributed by atoms with Crippen molar-refractivity contribution in [3.63, 3.8) is 0 Å². The Hall–Kier alpha value is -6.03. The summed E-state index contributed by atoms with van der Waals surface area (Å²) >= 11 is 0. The van der Waals surface area contributed by atoms with Gasteiger partial charge in [0.2, 0.25) is 5.88 Å². The van der Waals surface area contributed by atoms with Gasteiger partial charge < -0.3 is 14.4 Å². The first-order valence-corrected chi connectivity index (χ1v) is 17.7. The third-order valence-electron chi connectivity index (χ3n) is 9.32. The van der Waals surface area contributed by atoms with Crippen LogP contribution in [0.3, 0.4) is 0 Å². The van der Waals surface area contributed by atoms with Crippen LogP contribution in [-0.4, -0.2) is 19.6 Å². The Labute approximate surface area is 330 Å². The molecular formula is C48H38N3O2Pt-. The van der Waals surface area contributed by atoms with E-state index in [0.29, 0.717) is 28.7 Å². The number of imidazole rings is 1. The zero-order valence-corrected chi connectivity index (χ0v) is 32.5. The van der Waals surface area contributed by atoms with Crippen LogP contribution in [0, 0.1) is 6.07 Å². The molecule has 0 radical (unpaired) electrons. The summed E-state index contributed by atoms with van der Waals surface area (Å²) in [4.78, 5) is 9.94. The van der Waals surface area contributed by atoms with E-state index in [1.807, 2.05) is 109 Å². The maximum Gasteiger partial charge on any atom is 0.217 e. The fourth-order valence-corrected chi connectivity index (χ4v) is 6.78. The summed E-state index contributed by atoms with van der Waals surface area (Å²) in [6.45, 7) is 6.32. The Morgan fingerprint density at radius 3 is 1.93 bits per heavy atom. The molecule has 8 rings (SSSR count). The zero-order chi connectivity index (χ0) is 36.4. The number of rotatable bonds is 8. The molecule has 0 spiro atoms. The van der Waals surface area contributed by atoms with Crippen LogP contribution in [0.4, 0.5) is 0 Å². The summed E-state index contributed by atoms with van der Waals surface area (Å²) < 4.78 is 8.54. The van der Waals surface area contributed by atoms with E-state index in [9.17, 15) is 5.11 Å². The number of benzene rings is 6. The molecule has 0 atom stereocenters. The summed E-state index contributed by atoms with van der Waals surface area (Å²) in [7, 11) is 0. The molecule has 6 heteroatoms. The van der Waals surface area contributed by atoms with Gasteiger partial charge in [-0.3, -0.25) is 4.98 Å². The minimum Gasteiger partial charge on any atom is -0.507 e. The molecule has 54 heavy (non-hydrogen) atoms. The first-order valence-electron chi connectivity index (χ1n) is 17.7. The third-order valence-corrected chi connectivity index (χ3v) is 9.32. The molecule has 0 aliphatic rings. The van der Waals surface area contributed by atoms with Gasteiger partial charge in [-0.2, -0.15) is 0 Å². The zero-order valence-electron chi connectivity index (χ0n) is 30.2. The fourth-order valence-electron chi connectivity index (χ4n) is 6.78. The van der Waals surface area contributed by atoms with E-state index in [1.54, 1.807) is 6.20 Å². The summed E-state index contributed by atoms with van der Waals surface area (Å²) in [6, 6.07) is 58.3. The van der Waals surface area contributed by atoms with Crippen LogP contribution in [0.25, 0.3) is 61.8 Å². The number of aromatic hydroxyl groups is 1. The first kappa shape index (κ1) is 36.3. The van der Waals surface area contributed by atoms with Crippen LogP contribution in [-0.2, 0) is 26.5 Å². The second-order valence-electron chi connectivity index (χ2n) is 13.9. The molecule has 8 aromatic rings. The molecule has 0 bridgehead atoms. The van der Waals surface area contributed by atoms with Gasteiger partial charge in [0, 0.05) is 56.0 Å². The molecular weight excluding hydrogens is 846 g/mol. The van der Waals surface area contributed by atoms with Crippen molar-refractivity contribution in [2.75, 3.05) is 0 Å². The van der Waals surface area contributed by atoms with Gasteiger partial charge in [0.05, 0.1) is 11.3 Å². The maximum absolute atomic E-state index is 12.0. The average Bonchev–Trinajstić information content (AvgIpc) is 3.59. The normalized spacial score (nSPS) is 11.2. The Morgan fingerprint density at radius 1 is 0.611 bits per heavy atom. The molecule has 2 heterocycles. The minimum atomic E-state index is -0.296. The molecule has 0 fully saturated rings. The average molecular weight is 884 g/mol. The predicted molar refractivity (Wildman–Crippen MR) is 214 cm³/mol. The Morgan fingerprint density at radius 2 is 1.22 bits per heavy atom. The van der Waals surface area contributed by atoms with E-state index >= 15 is 0 Å². The smallest absolute Gasteiger partial charge is 0.217 e. The van der Waals surface area contributed by atoms with Crippen molar-refractivity contribution in [2.24, 2.45) is 0 Å². The van der Waals surface area contributed by atoms with Crippen LogP contribution in [0.1, 0.15) is 26.3 Å².